The molecule has 0 aliphatic carbocycles. The molecule has 36 heavy (non-hydrogen) atoms. The van der Waals surface area contributed by atoms with Crippen LogP contribution >= 0.6 is 9.39 Å². The normalized spacial score (nSPS) is 10.6. The molecule has 0 aliphatic rings. The van der Waals surface area contributed by atoms with Crippen molar-refractivity contribution < 1.29 is 27.5 Å². The summed E-state index contributed by atoms with van der Waals surface area (Å²) < 4.78 is 46.4. The first-order valence-electron chi connectivity index (χ1n) is 11.0. The van der Waals surface area contributed by atoms with Gasteiger partial charge in [0, 0.05) is 30.7 Å². The topological polar surface area (TPSA) is 83.6 Å². The number of benzene rings is 2. The Morgan fingerprint density at radius 3 is 2.14 bits per heavy atom. The van der Waals surface area contributed by atoms with Gasteiger partial charge in [0.2, 0.25) is 0 Å². The number of carbonyl (C=O) groups excluding carboxylic acids is 2. The van der Waals surface area contributed by atoms with E-state index in [4.69, 9.17) is 4.74 Å². The molecule has 0 aliphatic heterocycles. The van der Waals surface area contributed by atoms with Gasteiger partial charge in [-0.1, -0.05) is 19.9 Å². The second kappa shape index (κ2) is 12.4. The van der Waals surface area contributed by atoms with Gasteiger partial charge in [-0.25, -0.2) is 4.79 Å². The van der Waals surface area contributed by atoms with Crippen molar-refractivity contribution in [1.82, 2.24) is 9.65 Å². The van der Waals surface area contributed by atoms with E-state index in [1.165, 1.54) is 36.0 Å². The molecule has 0 radical (unpaired) electrons. The summed E-state index contributed by atoms with van der Waals surface area (Å²) >= 11 is 0. The maximum atomic E-state index is 13.1. The number of pyridine rings is 1. The number of ether oxygens (including phenoxy) is 1. The monoisotopic (exact) mass is 520 g/mol. The number of carbonyl (C=O) groups is 2. The summed E-state index contributed by atoms with van der Waals surface area (Å²) in [5.41, 5.74) is 0.587. The highest BCUT2D eigenvalue weighted by atomic mass is 31.0. The van der Waals surface area contributed by atoms with Crippen LogP contribution in [0.15, 0.2) is 54.7 Å². The summed E-state index contributed by atoms with van der Waals surface area (Å²) in [5.74, 6) is 0.600. The number of urea groups is 1. The number of aromatic nitrogens is 1. The molecule has 0 bridgehead atoms. The van der Waals surface area contributed by atoms with Crippen LogP contribution in [0, 0.1) is 13.8 Å². The summed E-state index contributed by atoms with van der Waals surface area (Å²) in [5, 5.41) is 4.99. The number of hydrogen-bond acceptors (Lipinski definition) is 4. The van der Waals surface area contributed by atoms with Gasteiger partial charge in [-0.15, -0.1) is 0 Å². The highest BCUT2D eigenvalue weighted by Crippen LogP contribution is 2.33. The number of nitrogens with one attached hydrogen (secondary N) is 2. The minimum Gasteiger partial charge on any atom is -0.457 e. The molecular weight excluding hydrogens is 492 g/mol. The zero-order valence-corrected chi connectivity index (χ0v) is 21.7. The summed E-state index contributed by atoms with van der Waals surface area (Å²) in [7, 11) is 3.85. The van der Waals surface area contributed by atoms with Gasteiger partial charge in [0.15, 0.2) is 0 Å². The van der Waals surface area contributed by atoms with Crippen molar-refractivity contribution in [3.05, 3.63) is 77.1 Å². The Morgan fingerprint density at radius 1 is 0.944 bits per heavy atom. The van der Waals surface area contributed by atoms with Crippen LogP contribution < -0.4 is 15.4 Å². The Kier molecular flexibility index (Phi) is 9.81. The predicted octanol–water partition coefficient (Wildman–Crippen LogP) is 7.04. The standard InChI is InChI=1S/C23H22F3N4O3P.C2H6/c1-13-4-5-16(11-18(13)23(24,25)26)29-22(32)28-15-6-7-20(14(2)10-15)33-17-8-9-27-19(12-17)21(31)30(3)34;1-2/h4-12H,34H2,1-3H3,(H2,28,29,32);1-2H3. The summed E-state index contributed by atoms with van der Waals surface area (Å²) in [4.78, 5) is 28.4. The second-order valence-electron chi connectivity index (χ2n) is 7.48. The van der Waals surface area contributed by atoms with E-state index in [1.54, 1.807) is 38.2 Å². The number of rotatable bonds is 5. The maximum Gasteiger partial charge on any atom is 0.416 e. The number of anilines is 2. The van der Waals surface area contributed by atoms with Crippen LogP contribution in [0.5, 0.6) is 11.5 Å². The number of alkyl halides is 3. The van der Waals surface area contributed by atoms with Gasteiger partial charge in [-0.2, -0.15) is 13.2 Å². The van der Waals surface area contributed by atoms with Crippen molar-refractivity contribution in [2.24, 2.45) is 0 Å². The molecule has 1 heterocycles. The first kappa shape index (κ1) is 28.6. The lowest BCUT2D eigenvalue weighted by atomic mass is 10.1. The van der Waals surface area contributed by atoms with Gasteiger partial charge in [-0.05, 0) is 70.8 Å². The van der Waals surface area contributed by atoms with E-state index in [9.17, 15) is 22.8 Å². The van der Waals surface area contributed by atoms with E-state index < -0.39 is 17.8 Å². The zero-order chi connectivity index (χ0) is 27.0. The summed E-state index contributed by atoms with van der Waals surface area (Å²) in [6.45, 7) is 7.11. The summed E-state index contributed by atoms with van der Waals surface area (Å²) in [6.07, 6.45) is -3.05. The molecule has 0 spiro atoms. The molecule has 2 aromatic carbocycles. The molecule has 1 unspecified atom stereocenters. The lowest BCUT2D eigenvalue weighted by Crippen LogP contribution is -2.20. The van der Waals surface area contributed by atoms with Crippen LogP contribution in [0.2, 0.25) is 0 Å². The Bertz CT molecular complexity index is 1230. The van der Waals surface area contributed by atoms with Crippen LogP contribution in [0.1, 0.15) is 41.0 Å². The number of aryl methyl sites for hydroxylation is 2. The van der Waals surface area contributed by atoms with Crippen molar-refractivity contribution in [3.8, 4) is 11.5 Å². The number of hydrogen-bond donors (Lipinski definition) is 2. The first-order valence-corrected chi connectivity index (χ1v) is 11.5. The Labute approximate surface area is 210 Å². The Balaban J connectivity index is 0.00000222. The molecule has 192 valence electrons. The van der Waals surface area contributed by atoms with Crippen LogP contribution in [0.4, 0.5) is 29.3 Å². The number of amides is 3. The smallest absolute Gasteiger partial charge is 0.416 e. The van der Waals surface area contributed by atoms with Gasteiger partial charge in [0.1, 0.15) is 17.2 Å². The van der Waals surface area contributed by atoms with Crippen LogP contribution in [0.25, 0.3) is 0 Å². The largest absolute Gasteiger partial charge is 0.457 e. The van der Waals surface area contributed by atoms with Crippen LogP contribution in [-0.4, -0.2) is 28.6 Å². The maximum absolute atomic E-state index is 13.1. The average molecular weight is 520 g/mol. The molecule has 3 amide bonds. The lowest BCUT2D eigenvalue weighted by molar-refractivity contribution is -0.138. The molecular formula is C25H28F3N4O3P. The lowest BCUT2D eigenvalue weighted by Gasteiger charge is -2.14. The minimum absolute atomic E-state index is 0.0197. The molecule has 3 aromatic rings. The molecule has 1 aromatic heterocycles. The highest BCUT2D eigenvalue weighted by molar-refractivity contribution is 7.14. The zero-order valence-electron chi connectivity index (χ0n) is 20.5. The fourth-order valence-corrected chi connectivity index (χ4v) is 3.17. The van der Waals surface area contributed by atoms with Crippen molar-refractivity contribution >= 4 is 32.7 Å². The Morgan fingerprint density at radius 2 is 1.56 bits per heavy atom. The van der Waals surface area contributed by atoms with Gasteiger partial charge < -0.3 is 20.0 Å². The molecule has 0 saturated heterocycles. The molecule has 7 nitrogen and oxygen atoms in total. The number of nitrogens with zero attached hydrogens (tertiary/aromatic N) is 2. The summed E-state index contributed by atoms with van der Waals surface area (Å²) in [6, 6.07) is 10.9. The quantitative estimate of drug-likeness (QED) is 0.354. The highest BCUT2D eigenvalue weighted by Gasteiger charge is 2.32. The van der Waals surface area contributed by atoms with Gasteiger partial charge >= 0.3 is 12.2 Å². The van der Waals surface area contributed by atoms with Crippen LogP contribution in [0.3, 0.4) is 0 Å². The van der Waals surface area contributed by atoms with E-state index >= 15 is 0 Å². The SMILES string of the molecule is CC.Cc1cc(NC(=O)Nc2ccc(C)c(C(F)(F)F)c2)ccc1Oc1ccnc(C(=O)N(C)P)c1. The molecule has 11 heteroatoms. The van der Waals surface area contributed by atoms with E-state index in [0.29, 0.717) is 22.7 Å². The van der Waals surface area contributed by atoms with Crippen molar-refractivity contribution in [1.29, 1.82) is 0 Å². The van der Waals surface area contributed by atoms with Gasteiger partial charge in [0.25, 0.3) is 5.91 Å². The van der Waals surface area contributed by atoms with Crippen molar-refractivity contribution in [2.75, 3.05) is 17.7 Å². The van der Waals surface area contributed by atoms with Crippen molar-refractivity contribution in [2.45, 2.75) is 33.9 Å². The molecule has 3 rings (SSSR count). The number of halogens is 3. The molecule has 1 atom stereocenters. The average Bonchev–Trinajstić information content (AvgIpc) is 2.82. The van der Waals surface area contributed by atoms with Gasteiger partial charge in [-0.3, -0.25) is 9.78 Å². The molecule has 0 saturated carbocycles. The predicted molar refractivity (Wildman–Crippen MR) is 137 cm³/mol. The second-order valence-corrected chi connectivity index (χ2v) is 8.26. The van der Waals surface area contributed by atoms with E-state index in [1.807, 2.05) is 13.8 Å². The van der Waals surface area contributed by atoms with E-state index in [-0.39, 0.29) is 22.9 Å². The fraction of sp³-hybridized carbons (Fsp3) is 0.240. The van der Waals surface area contributed by atoms with E-state index in [2.05, 4.69) is 25.0 Å². The third kappa shape index (κ3) is 7.68. The Hall–Kier alpha value is -3.65. The fourth-order valence-electron chi connectivity index (χ4n) is 3.04. The minimum atomic E-state index is -4.51. The molecule has 2 N–H and O–H groups in total. The molecule has 0 fully saturated rings. The third-order valence-corrected chi connectivity index (χ3v) is 4.97. The van der Waals surface area contributed by atoms with Gasteiger partial charge in [0.05, 0.1) is 5.56 Å². The third-order valence-electron chi connectivity index (χ3n) is 4.73. The van der Waals surface area contributed by atoms with E-state index in [0.717, 1.165) is 6.07 Å². The first-order chi connectivity index (χ1) is 16.9. The van der Waals surface area contributed by atoms with Crippen molar-refractivity contribution in [3.63, 3.8) is 0 Å². The van der Waals surface area contributed by atoms with Crippen LogP contribution in [-0.2, 0) is 6.18 Å².